The van der Waals surface area contributed by atoms with Gasteiger partial charge in [-0.25, -0.2) is 0 Å². The molecule has 2 unspecified atom stereocenters. The van der Waals surface area contributed by atoms with Crippen molar-refractivity contribution in [3.63, 3.8) is 0 Å². The molecule has 1 spiro atoms. The van der Waals surface area contributed by atoms with E-state index in [4.69, 9.17) is 4.42 Å². The summed E-state index contributed by atoms with van der Waals surface area (Å²) in [6.45, 7) is 4.53. The molecule has 1 saturated heterocycles. The maximum absolute atomic E-state index is 5.59. The lowest BCUT2D eigenvalue weighted by Gasteiger charge is -2.46. The third-order valence-electron chi connectivity index (χ3n) is 4.36. The van der Waals surface area contributed by atoms with Gasteiger partial charge in [-0.3, -0.25) is 0 Å². The van der Waals surface area contributed by atoms with E-state index in [0.29, 0.717) is 6.04 Å². The number of piperidine rings is 1. The van der Waals surface area contributed by atoms with Gasteiger partial charge < -0.3 is 14.6 Å². The van der Waals surface area contributed by atoms with Crippen molar-refractivity contribution < 1.29 is 4.42 Å². The number of nitrogens with zero attached hydrogens (tertiary/aromatic N) is 1. The van der Waals surface area contributed by atoms with E-state index in [1.54, 1.807) is 0 Å². The Kier molecular flexibility index (Phi) is 2.33. The molecule has 0 amide bonds. The van der Waals surface area contributed by atoms with Crippen LogP contribution in [-0.2, 0) is 12.0 Å². The van der Waals surface area contributed by atoms with E-state index in [-0.39, 0.29) is 5.54 Å². The third-order valence-corrected chi connectivity index (χ3v) is 4.36. The molecule has 3 heterocycles. The van der Waals surface area contributed by atoms with Crippen molar-refractivity contribution in [2.45, 2.75) is 37.8 Å². The topological polar surface area (TPSA) is 28.4 Å². The summed E-state index contributed by atoms with van der Waals surface area (Å²) in [7, 11) is 2.22. The molecular weight excluding hydrogens is 200 g/mol. The zero-order chi connectivity index (χ0) is 11.2. The molecule has 1 aromatic heterocycles. The Morgan fingerprint density at radius 1 is 1.56 bits per heavy atom. The Bertz CT molecular complexity index is 387. The second-order valence-electron chi connectivity index (χ2n) is 5.30. The molecule has 1 N–H and O–H groups in total. The SMILES string of the molecule is CC1CC2(CCN1C)NCCc1occc12. The van der Waals surface area contributed by atoms with Crippen LogP contribution >= 0.6 is 0 Å². The van der Waals surface area contributed by atoms with Crippen LogP contribution in [0.2, 0.25) is 0 Å². The summed E-state index contributed by atoms with van der Waals surface area (Å²) in [6.07, 6.45) is 5.27. The van der Waals surface area contributed by atoms with E-state index in [0.717, 1.165) is 13.0 Å². The number of furan rings is 1. The number of hydrogen-bond donors (Lipinski definition) is 1. The average molecular weight is 220 g/mol. The number of hydrogen-bond acceptors (Lipinski definition) is 3. The molecule has 3 heteroatoms. The highest BCUT2D eigenvalue weighted by Crippen LogP contribution is 2.39. The molecule has 2 aliphatic heterocycles. The highest BCUT2D eigenvalue weighted by molar-refractivity contribution is 5.31. The maximum Gasteiger partial charge on any atom is 0.110 e. The van der Waals surface area contributed by atoms with Crippen molar-refractivity contribution in [3.05, 3.63) is 23.7 Å². The van der Waals surface area contributed by atoms with E-state index in [1.165, 1.54) is 30.7 Å². The summed E-state index contributed by atoms with van der Waals surface area (Å²) in [4.78, 5) is 2.45. The van der Waals surface area contributed by atoms with E-state index >= 15 is 0 Å². The molecule has 16 heavy (non-hydrogen) atoms. The Balaban J connectivity index is 1.96. The van der Waals surface area contributed by atoms with Crippen molar-refractivity contribution in [1.29, 1.82) is 0 Å². The van der Waals surface area contributed by atoms with Gasteiger partial charge in [-0.2, -0.15) is 0 Å². The Hall–Kier alpha value is -0.800. The zero-order valence-electron chi connectivity index (χ0n) is 10.1. The van der Waals surface area contributed by atoms with Gasteiger partial charge in [0.2, 0.25) is 0 Å². The van der Waals surface area contributed by atoms with Crippen LogP contribution in [0.5, 0.6) is 0 Å². The van der Waals surface area contributed by atoms with Gasteiger partial charge in [0.25, 0.3) is 0 Å². The maximum atomic E-state index is 5.59. The minimum absolute atomic E-state index is 0.187. The number of nitrogens with one attached hydrogen (secondary N) is 1. The first-order valence-electron chi connectivity index (χ1n) is 6.23. The van der Waals surface area contributed by atoms with Crippen molar-refractivity contribution in [2.75, 3.05) is 20.1 Å². The Morgan fingerprint density at radius 3 is 3.25 bits per heavy atom. The molecule has 0 aromatic carbocycles. The molecule has 2 aliphatic rings. The predicted octanol–water partition coefficient (Wildman–Crippen LogP) is 1.73. The molecule has 0 saturated carbocycles. The second kappa shape index (κ2) is 3.60. The smallest absolute Gasteiger partial charge is 0.110 e. The van der Waals surface area contributed by atoms with Crippen molar-refractivity contribution >= 4 is 0 Å². The van der Waals surface area contributed by atoms with Crippen LogP contribution in [0.15, 0.2) is 16.7 Å². The summed E-state index contributed by atoms with van der Waals surface area (Å²) in [6, 6.07) is 2.81. The minimum atomic E-state index is 0.187. The van der Waals surface area contributed by atoms with Gasteiger partial charge in [0.1, 0.15) is 5.76 Å². The van der Waals surface area contributed by atoms with Crippen molar-refractivity contribution in [1.82, 2.24) is 10.2 Å². The summed E-state index contributed by atoms with van der Waals surface area (Å²) in [5.74, 6) is 1.20. The number of rotatable bonds is 0. The highest BCUT2D eigenvalue weighted by Gasteiger charge is 2.42. The quantitative estimate of drug-likeness (QED) is 0.722. The standard InChI is InChI=1S/C13H20N2O/c1-10-9-13(5-7-15(10)2)11-4-8-16-12(11)3-6-14-13/h4,8,10,14H,3,5-7,9H2,1-2H3. The summed E-state index contributed by atoms with van der Waals surface area (Å²) in [5, 5.41) is 3.74. The summed E-state index contributed by atoms with van der Waals surface area (Å²) in [5.41, 5.74) is 1.60. The lowest BCUT2D eigenvalue weighted by Crippen LogP contribution is -2.55. The molecule has 0 radical (unpaired) electrons. The lowest BCUT2D eigenvalue weighted by molar-refractivity contribution is 0.0993. The molecule has 1 aromatic rings. The third kappa shape index (κ3) is 1.42. The van der Waals surface area contributed by atoms with Crippen LogP contribution in [0.4, 0.5) is 0 Å². The first kappa shape index (κ1) is 10.4. The second-order valence-corrected chi connectivity index (χ2v) is 5.30. The number of likely N-dealkylation sites (tertiary alicyclic amines) is 1. The molecule has 3 nitrogen and oxygen atoms in total. The van der Waals surface area contributed by atoms with Crippen LogP contribution in [0.3, 0.4) is 0 Å². The van der Waals surface area contributed by atoms with Gasteiger partial charge >= 0.3 is 0 Å². The molecule has 0 aliphatic carbocycles. The Labute approximate surface area is 96.8 Å². The van der Waals surface area contributed by atoms with Gasteiger partial charge in [0, 0.05) is 36.7 Å². The molecule has 0 bridgehead atoms. The number of fused-ring (bicyclic) bond motifs is 2. The van der Waals surface area contributed by atoms with Crippen LogP contribution in [0, 0.1) is 0 Å². The van der Waals surface area contributed by atoms with Crippen LogP contribution in [0.25, 0.3) is 0 Å². The summed E-state index contributed by atoms with van der Waals surface area (Å²) < 4.78 is 5.59. The van der Waals surface area contributed by atoms with E-state index in [2.05, 4.69) is 30.3 Å². The van der Waals surface area contributed by atoms with Crippen LogP contribution < -0.4 is 5.32 Å². The Morgan fingerprint density at radius 2 is 2.44 bits per heavy atom. The fourth-order valence-electron chi connectivity index (χ4n) is 3.23. The normalized spacial score (nSPS) is 35.2. The lowest BCUT2D eigenvalue weighted by atomic mass is 9.76. The minimum Gasteiger partial charge on any atom is -0.469 e. The molecule has 88 valence electrons. The van der Waals surface area contributed by atoms with Gasteiger partial charge in [0.15, 0.2) is 0 Å². The largest absolute Gasteiger partial charge is 0.469 e. The van der Waals surface area contributed by atoms with E-state index in [9.17, 15) is 0 Å². The predicted molar refractivity (Wildman–Crippen MR) is 63.4 cm³/mol. The van der Waals surface area contributed by atoms with Crippen LogP contribution in [-0.4, -0.2) is 31.1 Å². The molecular formula is C13H20N2O. The first-order valence-corrected chi connectivity index (χ1v) is 6.23. The monoisotopic (exact) mass is 220 g/mol. The van der Waals surface area contributed by atoms with Crippen molar-refractivity contribution in [2.24, 2.45) is 0 Å². The van der Waals surface area contributed by atoms with Crippen LogP contribution in [0.1, 0.15) is 31.1 Å². The van der Waals surface area contributed by atoms with Gasteiger partial charge in [-0.1, -0.05) is 0 Å². The fraction of sp³-hybridized carbons (Fsp3) is 0.692. The fourth-order valence-corrected chi connectivity index (χ4v) is 3.23. The molecule has 3 rings (SSSR count). The van der Waals surface area contributed by atoms with Crippen molar-refractivity contribution in [3.8, 4) is 0 Å². The molecule has 1 fully saturated rings. The zero-order valence-corrected chi connectivity index (χ0v) is 10.1. The summed E-state index contributed by atoms with van der Waals surface area (Å²) >= 11 is 0. The van der Waals surface area contributed by atoms with Gasteiger partial charge in [-0.15, -0.1) is 0 Å². The highest BCUT2D eigenvalue weighted by atomic mass is 16.3. The van der Waals surface area contributed by atoms with E-state index in [1.807, 2.05) is 6.26 Å². The average Bonchev–Trinajstić information content (AvgIpc) is 2.74. The van der Waals surface area contributed by atoms with E-state index < -0.39 is 0 Å². The molecule has 2 atom stereocenters. The van der Waals surface area contributed by atoms with Gasteiger partial charge in [0.05, 0.1) is 6.26 Å². The first-order chi connectivity index (χ1) is 7.71. The van der Waals surface area contributed by atoms with Gasteiger partial charge in [-0.05, 0) is 32.9 Å².